The second-order valence-electron chi connectivity index (χ2n) is 4.48. The normalized spacial score (nSPS) is 11.2. The Hall–Kier alpha value is -2.92. The quantitative estimate of drug-likeness (QED) is 0.504. The second-order valence-corrected chi connectivity index (χ2v) is 5.46. The van der Waals surface area contributed by atoms with Gasteiger partial charge < -0.3 is 5.73 Å². The van der Waals surface area contributed by atoms with Crippen molar-refractivity contribution in [1.29, 1.82) is 5.26 Å². The summed E-state index contributed by atoms with van der Waals surface area (Å²) in [6, 6.07) is 5.28. The largest absolute Gasteiger partial charge is 0.384 e. The first-order valence-corrected chi connectivity index (χ1v) is 7.02. The number of aromatic nitrogens is 2. The molecule has 2 N–H and O–H groups in total. The number of anilines is 1. The van der Waals surface area contributed by atoms with Crippen LogP contribution in [0.15, 0.2) is 32.7 Å². The number of rotatable bonds is 3. The van der Waals surface area contributed by atoms with Gasteiger partial charge in [-0.25, -0.2) is 4.79 Å². The molecule has 0 aliphatic carbocycles. The number of nitrogens with zero attached hydrogens (tertiary/aromatic N) is 3. The van der Waals surface area contributed by atoms with E-state index in [2.05, 4.69) is 0 Å². The molecule has 0 unspecified atom stereocenters. The van der Waals surface area contributed by atoms with Gasteiger partial charge in [0.25, 0.3) is 5.56 Å². The summed E-state index contributed by atoms with van der Waals surface area (Å²) in [5, 5.41) is 11.0. The van der Waals surface area contributed by atoms with Crippen LogP contribution in [-0.4, -0.2) is 14.9 Å². The Morgan fingerprint density at radius 2 is 2.05 bits per heavy atom. The number of hydrogen-bond donors (Lipinski definition) is 1. The molecule has 0 aliphatic heterocycles. The summed E-state index contributed by atoms with van der Waals surface area (Å²) in [4.78, 5) is 37.0. The van der Waals surface area contributed by atoms with Crippen LogP contribution in [0.1, 0.15) is 15.2 Å². The smallest absolute Gasteiger partial charge is 0.332 e. The van der Waals surface area contributed by atoms with Crippen molar-refractivity contribution in [3.05, 3.63) is 54.4 Å². The van der Waals surface area contributed by atoms with Crippen molar-refractivity contribution in [2.24, 2.45) is 14.1 Å². The topological polar surface area (TPSA) is 111 Å². The third kappa shape index (κ3) is 2.49. The minimum absolute atomic E-state index is 0.218. The van der Waals surface area contributed by atoms with Gasteiger partial charge in [-0.05, 0) is 17.5 Å². The molecule has 2 heterocycles. The Kier molecular flexibility index (Phi) is 4.10. The van der Waals surface area contributed by atoms with Crippen LogP contribution in [0.2, 0.25) is 0 Å². The maximum absolute atomic E-state index is 12.5. The predicted molar refractivity (Wildman–Crippen MR) is 83.6 cm³/mol. The standard InChI is InChI=1S/C14H12N4O3S/c1-17-12(16)10(13(20)18(2)14(17)21)11(19)8(7-15)6-9-4-3-5-22-9/h3-6H,16H2,1-2H3/b8-6+. The average Bonchev–Trinajstić information content (AvgIpc) is 3.01. The monoisotopic (exact) mass is 316 g/mol. The van der Waals surface area contributed by atoms with E-state index in [1.54, 1.807) is 23.6 Å². The number of carbonyl (C=O) groups is 1. The Morgan fingerprint density at radius 3 is 2.59 bits per heavy atom. The predicted octanol–water partition coefficient (Wildman–Crippen LogP) is 0.518. The number of hydrogen-bond acceptors (Lipinski definition) is 6. The van der Waals surface area contributed by atoms with E-state index in [-0.39, 0.29) is 17.0 Å². The van der Waals surface area contributed by atoms with E-state index in [4.69, 9.17) is 5.73 Å². The zero-order valence-corrected chi connectivity index (χ0v) is 12.7. The number of carbonyl (C=O) groups excluding carboxylic acids is 1. The summed E-state index contributed by atoms with van der Waals surface area (Å²) in [5.74, 6) is -1.06. The highest BCUT2D eigenvalue weighted by Gasteiger charge is 2.23. The molecule has 22 heavy (non-hydrogen) atoms. The van der Waals surface area contributed by atoms with Crippen LogP contribution in [0.3, 0.4) is 0 Å². The van der Waals surface area contributed by atoms with Gasteiger partial charge in [0.2, 0.25) is 5.78 Å². The summed E-state index contributed by atoms with van der Waals surface area (Å²) >= 11 is 1.35. The lowest BCUT2D eigenvalue weighted by Crippen LogP contribution is -2.41. The van der Waals surface area contributed by atoms with Crippen LogP contribution in [-0.2, 0) is 14.1 Å². The number of Topliss-reactive ketones (excluding diaryl/α,β-unsaturated/α-hetero) is 1. The summed E-state index contributed by atoms with van der Waals surface area (Å²) in [5.41, 5.74) is 3.66. The van der Waals surface area contributed by atoms with Crippen molar-refractivity contribution < 1.29 is 4.79 Å². The highest BCUT2D eigenvalue weighted by Crippen LogP contribution is 2.16. The fraction of sp³-hybridized carbons (Fsp3) is 0.143. The van der Waals surface area contributed by atoms with Crippen molar-refractivity contribution in [1.82, 2.24) is 9.13 Å². The molecule has 2 aromatic heterocycles. The van der Waals surface area contributed by atoms with Gasteiger partial charge in [-0.1, -0.05) is 6.07 Å². The zero-order valence-electron chi connectivity index (χ0n) is 11.9. The fourth-order valence-electron chi connectivity index (χ4n) is 1.87. The molecule has 0 fully saturated rings. The minimum atomic E-state index is -0.821. The minimum Gasteiger partial charge on any atom is -0.384 e. The van der Waals surface area contributed by atoms with Gasteiger partial charge in [-0.3, -0.25) is 18.7 Å². The van der Waals surface area contributed by atoms with Crippen LogP contribution >= 0.6 is 11.3 Å². The molecule has 2 rings (SSSR count). The van der Waals surface area contributed by atoms with E-state index in [1.165, 1.54) is 31.5 Å². The first kappa shape index (κ1) is 15.5. The molecule has 8 heteroatoms. The lowest BCUT2D eigenvalue weighted by molar-refractivity contribution is 0.103. The number of thiophene rings is 1. The lowest BCUT2D eigenvalue weighted by Gasteiger charge is -2.10. The number of nitrogens with two attached hydrogens (primary N) is 1. The van der Waals surface area contributed by atoms with Crippen molar-refractivity contribution in [2.45, 2.75) is 0 Å². The number of allylic oxidation sites excluding steroid dienone is 1. The summed E-state index contributed by atoms with van der Waals surface area (Å²) in [6.07, 6.45) is 1.39. The summed E-state index contributed by atoms with van der Waals surface area (Å²) in [7, 11) is 2.60. The first-order chi connectivity index (χ1) is 10.4. The van der Waals surface area contributed by atoms with E-state index in [1.807, 2.05) is 0 Å². The Balaban J connectivity index is 2.67. The van der Waals surface area contributed by atoms with E-state index in [9.17, 15) is 19.6 Å². The van der Waals surface area contributed by atoms with E-state index in [0.717, 1.165) is 9.13 Å². The van der Waals surface area contributed by atoms with Crippen molar-refractivity contribution in [2.75, 3.05) is 5.73 Å². The highest BCUT2D eigenvalue weighted by molar-refractivity contribution is 7.10. The molecule has 0 saturated carbocycles. The Bertz CT molecular complexity index is 927. The number of nitriles is 1. The molecular formula is C14H12N4O3S. The van der Waals surface area contributed by atoms with Crippen LogP contribution < -0.4 is 17.0 Å². The second kappa shape index (κ2) is 5.83. The third-order valence-electron chi connectivity index (χ3n) is 3.13. The van der Waals surface area contributed by atoms with E-state index < -0.39 is 17.0 Å². The lowest BCUT2D eigenvalue weighted by atomic mass is 10.1. The first-order valence-electron chi connectivity index (χ1n) is 6.14. The van der Waals surface area contributed by atoms with Gasteiger partial charge in [0.05, 0.1) is 0 Å². The Morgan fingerprint density at radius 1 is 1.36 bits per heavy atom. The molecule has 7 nitrogen and oxygen atoms in total. The molecule has 0 saturated heterocycles. The SMILES string of the molecule is Cn1c(N)c(C(=O)/C(C#N)=C/c2cccs2)c(=O)n(C)c1=O. The molecule has 0 radical (unpaired) electrons. The molecule has 2 aromatic rings. The molecule has 0 atom stereocenters. The summed E-state index contributed by atoms with van der Waals surface area (Å²) < 4.78 is 1.78. The van der Waals surface area contributed by atoms with Crippen molar-refractivity contribution >= 4 is 29.0 Å². The maximum Gasteiger partial charge on any atom is 0.332 e. The summed E-state index contributed by atoms with van der Waals surface area (Å²) in [6.45, 7) is 0. The van der Waals surface area contributed by atoms with Gasteiger partial charge in [0.15, 0.2) is 0 Å². The van der Waals surface area contributed by atoms with Crippen LogP contribution in [0.5, 0.6) is 0 Å². The number of nitrogen functional groups attached to an aromatic ring is 1. The van der Waals surface area contributed by atoms with Gasteiger partial charge in [-0.15, -0.1) is 11.3 Å². The molecule has 0 aliphatic rings. The Labute approximate surface area is 129 Å². The van der Waals surface area contributed by atoms with Crippen LogP contribution in [0, 0.1) is 11.3 Å². The fourth-order valence-corrected chi connectivity index (χ4v) is 2.53. The van der Waals surface area contributed by atoms with Gasteiger partial charge in [0, 0.05) is 19.0 Å². The maximum atomic E-state index is 12.5. The van der Waals surface area contributed by atoms with E-state index in [0.29, 0.717) is 4.88 Å². The average molecular weight is 316 g/mol. The molecule has 0 amide bonds. The molecule has 112 valence electrons. The van der Waals surface area contributed by atoms with Gasteiger partial charge in [-0.2, -0.15) is 5.26 Å². The van der Waals surface area contributed by atoms with Gasteiger partial charge >= 0.3 is 5.69 Å². The third-order valence-corrected chi connectivity index (χ3v) is 3.95. The van der Waals surface area contributed by atoms with Crippen molar-refractivity contribution in [3.8, 4) is 6.07 Å². The zero-order chi connectivity index (χ0) is 16.4. The molecule has 0 bridgehead atoms. The van der Waals surface area contributed by atoms with Crippen LogP contribution in [0.4, 0.5) is 5.82 Å². The van der Waals surface area contributed by atoms with Crippen molar-refractivity contribution in [3.63, 3.8) is 0 Å². The van der Waals surface area contributed by atoms with E-state index >= 15 is 0 Å². The highest BCUT2D eigenvalue weighted by atomic mass is 32.1. The number of ketones is 1. The van der Waals surface area contributed by atoms with Crippen LogP contribution in [0.25, 0.3) is 6.08 Å². The molecular weight excluding hydrogens is 304 g/mol. The molecule has 0 aromatic carbocycles. The van der Waals surface area contributed by atoms with Gasteiger partial charge in [0.1, 0.15) is 23.0 Å². The molecule has 0 spiro atoms.